The van der Waals surface area contributed by atoms with Gasteiger partial charge in [0, 0.05) is 9.80 Å². The second-order valence-electron chi connectivity index (χ2n) is 3.97. The first kappa shape index (κ1) is 9.73. The summed E-state index contributed by atoms with van der Waals surface area (Å²) >= 11 is 1.78. The topological polar surface area (TPSA) is 0 Å². The molecule has 0 bridgehead atoms. The highest BCUT2D eigenvalue weighted by atomic mass is 32.2. The number of thioether (sulfide) groups is 1. The molecule has 3 rings (SSSR count). The van der Waals surface area contributed by atoms with Crippen molar-refractivity contribution >= 4 is 16.7 Å². The second-order valence-corrected chi connectivity index (χ2v) is 5.10. The summed E-state index contributed by atoms with van der Waals surface area (Å²) in [6.45, 7) is 4.18. The van der Waals surface area contributed by atoms with Crippen LogP contribution >= 0.6 is 11.8 Å². The van der Waals surface area contributed by atoms with Gasteiger partial charge in [0.1, 0.15) is 0 Å². The van der Waals surface area contributed by atoms with E-state index < -0.39 is 0 Å². The first-order valence-electron chi connectivity index (χ1n) is 5.37. The summed E-state index contributed by atoms with van der Waals surface area (Å²) < 4.78 is 0. The first-order valence-corrected chi connectivity index (χ1v) is 6.19. The molecule has 2 aromatic carbocycles. The minimum absolute atomic E-state index is 1.01. The van der Waals surface area contributed by atoms with Crippen LogP contribution in [0.3, 0.4) is 0 Å². The summed E-state index contributed by atoms with van der Waals surface area (Å²) in [4.78, 5) is 2.49. The van der Waals surface area contributed by atoms with Crippen molar-refractivity contribution in [1.82, 2.24) is 0 Å². The molecule has 0 N–H and O–H groups in total. The fourth-order valence-corrected chi connectivity index (χ4v) is 3.08. The molecular formula is C15H12S. The number of fused-ring (bicyclic) bond motifs is 2. The van der Waals surface area contributed by atoms with Crippen molar-refractivity contribution in [3.63, 3.8) is 0 Å². The van der Waals surface area contributed by atoms with E-state index >= 15 is 0 Å². The molecule has 0 fully saturated rings. The van der Waals surface area contributed by atoms with Crippen LogP contribution in [-0.4, -0.2) is 0 Å². The molecule has 1 aliphatic rings. The van der Waals surface area contributed by atoms with Crippen LogP contribution in [-0.2, 0) is 6.42 Å². The van der Waals surface area contributed by atoms with Crippen LogP contribution in [0, 0.1) is 0 Å². The maximum absolute atomic E-state index is 4.18. The van der Waals surface area contributed by atoms with Gasteiger partial charge in [-0.15, -0.1) is 0 Å². The van der Waals surface area contributed by atoms with Gasteiger partial charge in [0.25, 0.3) is 0 Å². The van der Waals surface area contributed by atoms with Gasteiger partial charge in [-0.3, -0.25) is 0 Å². The van der Waals surface area contributed by atoms with Crippen LogP contribution in [0.1, 0.15) is 16.7 Å². The van der Waals surface area contributed by atoms with Gasteiger partial charge in [0.05, 0.1) is 0 Å². The lowest BCUT2D eigenvalue weighted by Gasteiger charge is -2.05. The quantitative estimate of drug-likeness (QED) is 0.641. The Morgan fingerprint density at radius 3 is 2.44 bits per heavy atom. The number of benzene rings is 2. The van der Waals surface area contributed by atoms with Crippen LogP contribution in [0.15, 0.2) is 60.0 Å². The third-order valence-corrected chi connectivity index (χ3v) is 3.99. The molecule has 0 aromatic heterocycles. The Labute approximate surface area is 100 Å². The van der Waals surface area contributed by atoms with Gasteiger partial charge < -0.3 is 0 Å². The lowest BCUT2D eigenvalue weighted by Crippen LogP contribution is -1.90. The molecule has 0 atom stereocenters. The standard InChI is InChI=1S/C15H12S/c1-11-14-8-4-2-6-12(14)10-13-7-3-5-9-15(13)16-11/h2-9H,1,10H2. The van der Waals surface area contributed by atoms with Gasteiger partial charge in [0.15, 0.2) is 0 Å². The van der Waals surface area contributed by atoms with Gasteiger partial charge in [0.2, 0.25) is 0 Å². The summed E-state index contributed by atoms with van der Waals surface area (Å²) in [5, 5.41) is 0. The second kappa shape index (κ2) is 3.84. The molecular weight excluding hydrogens is 212 g/mol. The smallest absolute Gasteiger partial charge is 0.0157 e. The largest absolute Gasteiger partial charge is 0.0898 e. The van der Waals surface area contributed by atoms with Crippen LogP contribution in [0.25, 0.3) is 4.91 Å². The molecule has 0 spiro atoms. The Morgan fingerprint density at radius 2 is 1.56 bits per heavy atom. The average molecular weight is 224 g/mol. The zero-order valence-electron chi connectivity index (χ0n) is 8.94. The summed E-state index contributed by atoms with van der Waals surface area (Å²) in [5.41, 5.74) is 4.08. The van der Waals surface area contributed by atoms with Crippen molar-refractivity contribution in [1.29, 1.82) is 0 Å². The van der Waals surface area contributed by atoms with E-state index in [0.29, 0.717) is 0 Å². The molecule has 2 aromatic rings. The van der Waals surface area contributed by atoms with E-state index in [1.807, 2.05) is 0 Å². The number of hydrogen-bond acceptors (Lipinski definition) is 1. The summed E-state index contributed by atoms with van der Waals surface area (Å²) in [6, 6.07) is 17.1. The molecule has 0 aliphatic carbocycles. The normalized spacial score (nSPS) is 13.9. The lowest BCUT2D eigenvalue weighted by molar-refractivity contribution is 1.13. The number of hydrogen-bond donors (Lipinski definition) is 0. The van der Waals surface area contributed by atoms with Gasteiger partial charge >= 0.3 is 0 Å². The molecule has 1 heteroatoms. The van der Waals surface area contributed by atoms with E-state index in [9.17, 15) is 0 Å². The monoisotopic (exact) mass is 224 g/mol. The summed E-state index contributed by atoms with van der Waals surface area (Å²) in [7, 11) is 0. The molecule has 0 radical (unpaired) electrons. The average Bonchev–Trinajstić information content (AvgIpc) is 2.45. The minimum atomic E-state index is 1.01. The number of rotatable bonds is 0. The van der Waals surface area contributed by atoms with Crippen LogP contribution in [0.2, 0.25) is 0 Å². The Bertz CT molecular complexity index is 555. The fraction of sp³-hybridized carbons (Fsp3) is 0.0667. The van der Waals surface area contributed by atoms with Crippen molar-refractivity contribution in [3.8, 4) is 0 Å². The van der Waals surface area contributed by atoms with Crippen LogP contribution in [0.5, 0.6) is 0 Å². The van der Waals surface area contributed by atoms with Crippen LogP contribution in [0.4, 0.5) is 0 Å². The predicted molar refractivity (Wildman–Crippen MR) is 70.6 cm³/mol. The van der Waals surface area contributed by atoms with Gasteiger partial charge in [-0.25, -0.2) is 0 Å². The lowest BCUT2D eigenvalue weighted by atomic mass is 10.00. The molecule has 16 heavy (non-hydrogen) atoms. The molecule has 1 heterocycles. The summed E-state index contributed by atoms with van der Waals surface area (Å²) in [5.74, 6) is 0. The van der Waals surface area contributed by atoms with Gasteiger partial charge in [-0.1, -0.05) is 60.8 Å². The molecule has 0 amide bonds. The maximum atomic E-state index is 4.18. The Hall–Kier alpha value is -1.47. The first-order chi connectivity index (χ1) is 7.84. The minimum Gasteiger partial charge on any atom is -0.0898 e. The van der Waals surface area contributed by atoms with Gasteiger partial charge in [-0.05, 0) is 29.2 Å². The van der Waals surface area contributed by atoms with E-state index in [1.165, 1.54) is 21.6 Å². The Kier molecular flexibility index (Phi) is 2.33. The highest BCUT2D eigenvalue weighted by Gasteiger charge is 2.15. The molecule has 1 aliphatic heterocycles. The third-order valence-electron chi connectivity index (χ3n) is 2.90. The van der Waals surface area contributed by atoms with E-state index in [-0.39, 0.29) is 0 Å². The predicted octanol–water partition coefficient (Wildman–Crippen LogP) is 4.35. The van der Waals surface area contributed by atoms with E-state index in [4.69, 9.17) is 0 Å². The zero-order valence-corrected chi connectivity index (χ0v) is 9.76. The highest BCUT2D eigenvalue weighted by Crippen LogP contribution is 2.40. The fourth-order valence-electron chi connectivity index (χ4n) is 2.09. The van der Waals surface area contributed by atoms with E-state index in [1.54, 1.807) is 11.8 Å². The van der Waals surface area contributed by atoms with E-state index in [0.717, 1.165) is 11.3 Å². The zero-order chi connectivity index (χ0) is 11.0. The van der Waals surface area contributed by atoms with Crippen molar-refractivity contribution in [2.24, 2.45) is 0 Å². The third kappa shape index (κ3) is 1.57. The van der Waals surface area contributed by atoms with E-state index in [2.05, 4.69) is 55.1 Å². The molecule has 0 unspecified atom stereocenters. The van der Waals surface area contributed by atoms with Crippen molar-refractivity contribution in [2.45, 2.75) is 11.3 Å². The molecule has 78 valence electrons. The van der Waals surface area contributed by atoms with Crippen LogP contribution < -0.4 is 0 Å². The molecule has 0 saturated heterocycles. The SMILES string of the molecule is C=C1Sc2ccccc2Cc2ccccc21. The van der Waals surface area contributed by atoms with Gasteiger partial charge in [-0.2, -0.15) is 0 Å². The maximum Gasteiger partial charge on any atom is 0.0157 e. The molecule has 0 saturated carbocycles. The Morgan fingerprint density at radius 1 is 0.875 bits per heavy atom. The van der Waals surface area contributed by atoms with Crippen molar-refractivity contribution in [3.05, 3.63) is 71.8 Å². The molecule has 0 nitrogen and oxygen atoms in total. The Balaban J connectivity index is 2.18. The highest BCUT2D eigenvalue weighted by molar-refractivity contribution is 8.08. The van der Waals surface area contributed by atoms with Crippen molar-refractivity contribution < 1.29 is 0 Å². The van der Waals surface area contributed by atoms with Crippen molar-refractivity contribution in [2.75, 3.05) is 0 Å². The summed E-state index contributed by atoms with van der Waals surface area (Å²) in [6.07, 6.45) is 1.01.